The molecule has 0 spiro atoms. The molecule has 1 aromatic rings. The fraction of sp³-hybridized carbons (Fsp3) is 0.333. The Morgan fingerprint density at radius 2 is 2.08 bits per heavy atom. The quantitative estimate of drug-likeness (QED) is 0.584. The van der Waals surface area contributed by atoms with Gasteiger partial charge in [0.2, 0.25) is 0 Å². The van der Waals surface area contributed by atoms with Gasteiger partial charge in [0.05, 0.1) is 6.61 Å². The first-order chi connectivity index (χ1) is 6.45. The molecule has 0 saturated heterocycles. The maximum absolute atomic E-state index is 5.66. The molecule has 1 heterocycles. The van der Waals surface area contributed by atoms with Crippen LogP contribution in [0.15, 0.2) is 30.0 Å². The third-order valence-corrected chi connectivity index (χ3v) is 2.88. The second kappa shape index (κ2) is 2.63. The highest BCUT2D eigenvalue weighted by Gasteiger charge is 2.24. The van der Waals surface area contributed by atoms with Crippen molar-refractivity contribution < 1.29 is 4.74 Å². The summed E-state index contributed by atoms with van der Waals surface area (Å²) in [5.74, 6) is 1.23. The Morgan fingerprint density at radius 3 is 3.08 bits per heavy atom. The molecule has 66 valence electrons. The zero-order valence-corrected chi connectivity index (χ0v) is 7.55. The van der Waals surface area contributed by atoms with Gasteiger partial charge in [-0.3, -0.25) is 0 Å². The summed E-state index contributed by atoms with van der Waals surface area (Å²) >= 11 is 0. The molecular formula is C12H12O. The monoisotopic (exact) mass is 172 g/mol. The molecule has 0 atom stereocenters. The standard InChI is InChI=1S/C12H12O/c1-2-5-10-9(4-1)8-12-11(10)6-3-7-13-12/h1-2,4-5H,3,6-8H2. The number of allylic oxidation sites excluding steroid dienone is 2. The SMILES string of the molecule is c1ccc2c(c1)CC1=C2CCCO1. The average Bonchev–Trinajstić information content (AvgIpc) is 2.56. The molecule has 0 bridgehead atoms. The lowest BCUT2D eigenvalue weighted by atomic mass is 10.0. The Balaban J connectivity index is 2.12. The lowest BCUT2D eigenvalue weighted by Gasteiger charge is -2.15. The predicted octanol–water partition coefficient (Wildman–Crippen LogP) is 2.76. The summed E-state index contributed by atoms with van der Waals surface area (Å²) < 4.78 is 5.66. The number of hydrogen-bond donors (Lipinski definition) is 0. The van der Waals surface area contributed by atoms with Gasteiger partial charge in [0.25, 0.3) is 0 Å². The topological polar surface area (TPSA) is 9.23 Å². The molecule has 1 aliphatic heterocycles. The first-order valence-electron chi connectivity index (χ1n) is 4.88. The molecule has 1 heteroatoms. The molecule has 1 aliphatic carbocycles. The smallest absolute Gasteiger partial charge is 0.104 e. The van der Waals surface area contributed by atoms with Crippen LogP contribution in [0.2, 0.25) is 0 Å². The van der Waals surface area contributed by atoms with Crippen LogP contribution in [0, 0.1) is 0 Å². The van der Waals surface area contributed by atoms with Gasteiger partial charge in [0.1, 0.15) is 5.76 Å². The van der Waals surface area contributed by atoms with E-state index in [1.165, 1.54) is 35.3 Å². The maximum atomic E-state index is 5.66. The lowest BCUT2D eigenvalue weighted by Crippen LogP contribution is -2.02. The normalized spacial score (nSPS) is 19.4. The Morgan fingerprint density at radius 1 is 1.15 bits per heavy atom. The van der Waals surface area contributed by atoms with Gasteiger partial charge in [-0.05, 0) is 29.5 Å². The molecule has 2 aliphatic rings. The summed E-state index contributed by atoms with van der Waals surface area (Å²) in [6, 6.07) is 8.64. The highest BCUT2D eigenvalue weighted by atomic mass is 16.5. The highest BCUT2D eigenvalue weighted by molar-refractivity contribution is 5.75. The van der Waals surface area contributed by atoms with Crippen molar-refractivity contribution in [3.05, 3.63) is 41.2 Å². The molecule has 3 rings (SSSR count). The Hall–Kier alpha value is -1.24. The number of benzene rings is 1. The van der Waals surface area contributed by atoms with Gasteiger partial charge in [0.15, 0.2) is 0 Å². The van der Waals surface area contributed by atoms with Crippen LogP contribution in [0.1, 0.15) is 24.0 Å². The minimum absolute atomic E-state index is 0.910. The molecule has 0 saturated carbocycles. The van der Waals surface area contributed by atoms with Crippen molar-refractivity contribution in [3.63, 3.8) is 0 Å². The van der Waals surface area contributed by atoms with Gasteiger partial charge in [0, 0.05) is 6.42 Å². The van der Waals surface area contributed by atoms with Gasteiger partial charge >= 0.3 is 0 Å². The van der Waals surface area contributed by atoms with Gasteiger partial charge in [-0.15, -0.1) is 0 Å². The second-order valence-electron chi connectivity index (χ2n) is 3.69. The van der Waals surface area contributed by atoms with Crippen LogP contribution in [0.4, 0.5) is 0 Å². The summed E-state index contributed by atoms with van der Waals surface area (Å²) in [6.45, 7) is 0.910. The average molecular weight is 172 g/mol. The van der Waals surface area contributed by atoms with E-state index in [1.807, 2.05) is 0 Å². The molecule has 0 fully saturated rings. The van der Waals surface area contributed by atoms with Crippen LogP contribution in [0.3, 0.4) is 0 Å². The molecule has 1 aromatic carbocycles. The number of ether oxygens (including phenoxy) is 1. The zero-order valence-electron chi connectivity index (χ0n) is 7.55. The van der Waals surface area contributed by atoms with E-state index < -0.39 is 0 Å². The number of hydrogen-bond acceptors (Lipinski definition) is 1. The van der Waals surface area contributed by atoms with Crippen LogP contribution in [-0.4, -0.2) is 6.61 Å². The minimum Gasteiger partial charge on any atom is -0.497 e. The third kappa shape index (κ3) is 0.998. The summed E-state index contributed by atoms with van der Waals surface area (Å²) in [7, 11) is 0. The maximum Gasteiger partial charge on any atom is 0.104 e. The van der Waals surface area contributed by atoms with Crippen LogP contribution < -0.4 is 0 Å². The van der Waals surface area contributed by atoms with Crippen molar-refractivity contribution in [1.82, 2.24) is 0 Å². The fourth-order valence-corrected chi connectivity index (χ4v) is 2.26. The zero-order chi connectivity index (χ0) is 8.67. The van der Waals surface area contributed by atoms with E-state index in [-0.39, 0.29) is 0 Å². The van der Waals surface area contributed by atoms with Crippen molar-refractivity contribution in [1.29, 1.82) is 0 Å². The lowest BCUT2D eigenvalue weighted by molar-refractivity contribution is 0.195. The fourth-order valence-electron chi connectivity index (χ4n) is 2.26. The Kier molecular flexibility index (Phi) is 1.45. The van der Waals surface area contributed by atoms with Crippen molar-refractivity contribution in [3.8, 4) is 0 Å². The summed E-state index contributed by atoms with van der Waals surface area (Å²) in [5.41, 5.74) is 4.33. The van der Waals surface area contributed by atoms with Crippen LogP contribution in [-0.2, 0) is 11.2 Å². The summed E-state index contributed by atoms with van der Waals surface area (Å²) in [4.78, 5) is 0. The molecule has 0 unspecified atom stereocenters. The van der Waals surface area contributed by atoms with Crippen LogP contribution >= 0.6 is 0 Å². The van der Waals surface area contributed by atoms with E-state index in [1.54, 1.807) is 0 Å². The Bertz CT molecular complexity index is 376. The Labute approximate surface area is 78.0 Å². The molecule has 13 heavy (non-hydrogen) atoms. The molecule has 0 aromatic heterocycles. The van der Waals surface area contributed by atoms with E-state index in [0.29, 0.717) is 0 Å². The van der Waals surface area contributed by atoms with E-state index in [4.69, 9.17) is 4.74 Å². The van der Waals surface area contributed by atoms with E-state index >= 15 is 0 Å². The van der Waals surface area contributed by atoms with Gasteiger partial charge in [-0.2, -0.15) is 0 Å². The van der Waals surface area contributed by atoms with Crippen molar-refractivity contribution in [2.24, 2.45) is 0 Å². The van der Waals surface area contributed by atoms with E-state index in [0.717, 1.165) is 13.0 Å². The minimum atomic E-state index is 0.910. The molecular weight excluding hydrogens is 160 g/mol. The predicted molar refractivity (Wildman–Crippen MR) is 52.3 cm³/mol. The molecule has 1 nitrogen and oxygen atoms in total. The first kappa shape index (κ1) is 7.19. The van der Waals surface area contributed by atoms with Gasteiger partial charge < -0.3 is 4.74 Å². The second-order valence-corrected chi connectivity index (χ2v) is 3.69. The number of fused-ring (bicyclic) bond motifs is 2. The van der Waals surface area contributed by atoms with Gasteiger partial charge in [-0.25, -0.2) is 0 Å². The summed E-state index contributed by atoms with van der Waals surface area (Å²) in [5, 5.41) is 0. The van der Waals surface area contributed by atoms with Crippen molar-refractivity contribution >= 4 is 5.57 Å². The van der Waals surface area contributed by atoms with E-state index in [2.05, 4.69) is 24.3 Å². The van der Waals surface area contributed by atoms with E-state index in [9.17, 15) is 0 Å². The van der Waals surface area contributed by atoms with Crippen molar-refractivity contribution in [2.75, 3.05) is 6.61 Å². The largest absolute Gasteiger partial charge is 0.497 e. The van der Waals surface area contributed by atoms with Gasteiger partial charge in [-0.1, -0.05) is 24.3 Å². The third-order valence-electron chi connectivity index (χ3n) is 2.88. The highest BCUT2D eigenvalue weighted by Crippen LogP contribution is 2.38. The van der Waals surface area contributed by atoms with Crippen molar-refractivity contribution in [2.45, 2.75) is 19.3 Å². The molecule has 0 amide bonds. The molecule has 0 radical (unpaired) electrons. The van der Waals surface area contributed by atoms with Crippen LogP contribution in [0.25, 0.3) is 5.57 Å². The first-order valence-corrected chi connectivity index (χ1v) is 4.88. The summed E-state index contributed by atoms with van der Waals surface area (Å²) in [6.07, 6.45) is 3.39. The number of rotatable bonds is 0. The molecule has 0 N–H and O–H groups in total. The van der Waals surface area contributed by atoms with Crippen LogP contribution in [0.5, 0.6) is 0 Å².